The van der Waals surface area contributed by atoms with Crippen molar-refractivity contribution in [3.05, 3.63) is 82.2 Å². The molecule has 256 valence electrons. The molecule has 2 aromatic heterocycles. The number of nitrogens with zero attached hydrogens (tertiary/aromatic N) is 4. The fourth-order valence-corrected chi connectivity index (χ4v) is 5.03. The molecule has 47 heavy (non-hydrogen) atoms. The van der Waals surface area contributed by atoms with E-state index in [-0.39, 0.29) is 50.3 Å². The highest BCUT2D eigenvalue weighted by atomic mass is 35.5. The van der Waals surface area contributed by atoms with Gasteiger partial charge in [0.05, 0.1) is 39.3 Å². The lowest BCUT2D eigenvalue weighted by atomic mass is 9.97. The van der Waals surface area contributed by atoms with Crippen LogP contribution in [0.5, 0.6) is 0 Å². The largest absolute Gasteiger partial charge is 0.459 e. The molecule has 1 atom stereocenters. The highest BCUT2D eigenvalue weighted by Crippen LogP contribution is 2.52. The smallest absolute Gasteiger partial charge is 0.349 e. The number of allylic oxidation sites excluding steroid dienone is 1. The number of anilines is 1. The summed E-state index contributed by atoms with van der Waals surface area (Å²) in [6, 6.07) is 3.91. The standard InChI is InChI=1S/C28H26ClF9N6O2S/c1-5-9-25(30,31)26(32,33)17-11-44(43-22(17)27(34,35)28(36,37)38)12-20-39-10-19(15(3)41-20)42-23(45)16-7-6-8-18(29)21(16)24(46)40-14(2)13-47-4/h5-8,10-11,14H,1,9,12-13H2,2-4H3,(H,40,46)(H,42,45)/t14-/m0/s1. The lowest BCUT2D eigenvalue weighted by Gasteiger charge is -2.27. The van der Waals surface area contributed by atoms with E-state index in [1.54, 1.807) is 6.92 Å². The van der Waals surface area contributed by atoms with Crippen LogP contribution in [0.3, 0.4) is 0 Å². The molecule has 19 heteroatoms. The molecule has 3 aromatic rings. The van der Waals surface area contributed by atoms with Gasteiger partial charge in [0.15, 0.2) is 5.69 Å². The number of carbonyl (C=O) groups is 2. The van der Waals surface area contributed by atoms with Crippen molar-refractivity contribution in [1.29, 1.82) is 0 Å². The van der Waals surface area contributed by atoms with E-state index in [0.717, 1.165) is 6.20 Å². The Labute approximate surface area is 271 Å². The van der Waals surface area contributed by atoms with Gasteiger partial charge in [0, 0.05) is 24.4 Å². The molecular weight excluding hydrogens is 691 g/mol. The lowest BCUT2D eigenvalue weighted by Crippen LogP contribution is -2.41. The Morgan fingerprint density at radius 2 is 1.74 bits per heavy atom. The molecule has 0 aliphatic rings. The molecule has 1 aromatic carbocycles. The van der Waals surface area contributed by atoms with Crippen LogP contribution in [-0.2, 0) is 18.4 Å². The first-order valence-corrected chi connectivity index (χ1v) is 15.1. The lowest BCUT2D eigenvalue weighted by molar-refractivity contribution is -0.293. The molecule has 0 radical (unpaired) electrons. The number of halogens is 10. The summed E-state index contributed by atoms with van der Waals surface area (Å²) in [6.07, 6.45) is -5.06. The van der Waals surface area contributed by atoms with Crippen LogP contribution < -0.4 is 10.6 Å². The van der Waals surface area contributed by atoms with Gasteiger partial charge >= 0.3 is 23.9 Å². The third kappa shape index (κ3) is 8.02. The zero-order valence-corrected chi connectivity index (χ0v) is 26.2. The summed E-state index contributed by atoms with van der Waals surface area (Å²) in [5.41, 5.74) is -5.25. The van der Waals surface area contributed by atoms with E-state index in [1.165, 1.54) is 36.9 Å². The predicted octanol–water partition coefficient (Wildman–Crippen LogP) is 7.37. The SMILES string of the molecule is C=CCC(F)(F)C(F)(F)c1cn(Cc2ncc(NC(=O)c3cccc(Cl)c3C(=O)N[C@@H](C)CSC)c(C)n2)nc1C(F)(F)C(F)(F)F. The van der Waals surface area contributed by atoms with Crippen molar-refractivity contribution in [1.82, 2.24) is 25.1 Å². The number of nitrogens with one attached hydrogen (secondary N) is 2. The van der Waals surface area contributed by atoms with E-state index in [1.807, 2.05) is 6.26 Å². The molecule has 0 fully saturated rings. The molecule has 0 aliphatic carbocycles. The van der Waals surface area contributed by atoms with Gasteiger partial charge < -0.3 is 10.6 Å². The summed E-state index contributed by atoms with van der Waals surface area (Å²) >= 11 is 7.70. The number of amides is 2. The summed E-state index contributed by atoms with van der Waals surface area (Å²) in [6.45, 7) is 5.05. The second-order valence-corrected chi connectivity index (χ2v) is 11.5. The molecule has 0 unspecified atom stereocenters. The maximum atomic E-state index is 14.8. The molecular formula is C28H26ClF9N6O2S. The molecule has 2 heterocycles. The molecule has 2 amide bonds. The Kier molecular flexibility index (Phi) is 11.3. The summed E-state index contributed by atoms with van der Waals surface area (Å²) in [4.78, 5) is 33.9. The van der Waals surface area contributed by atoms with Crippen LogP contribution in [0.15, 0.2) is 43.2 Å². The summed E-state index contributed by atoms with van der Waals surface area (Å²) in [5, 5.41) is 8.08. The quantitative estimate of drug-likeness (QED) is 0.142. The Bertz CT molecular complexity index is 1650. The number of alkyl halides is 9. The van der Waals surface area contributed by atoms with Gasteiger partial charge in [-0.15, -0.1) is 6.58 Å². The number of rotatable bonds is 13. The van der Waals surface area contributed by atoms with Crippen LogP contribution in [0.2, 0.25) is 5.02 Å². The number of thioether (sulfide) groups is 1. The van der Waals surface area contributed by atoms with Crippen molar-refractivity contribution in [3.63, 3.8) is 0 Å². The van der Waals surface area contributed by atoms with Crippen LogP contribution in [-0.4, -0.2) is 61.7 Å². The molecule has 8 nitrogen and oxygen atoms in total. The van der Waals surface area contributed by atoms with Crippen molar-refractivity contribution in [2.75, 3.05) is 17.3 Å². The van der Waals surface area contributed by atoms with Crippen LogP contribution >= 0.6 is 23.4 Å². The minimum Gasteiger partial charge on any atom is -0.349 e. The zero-order valence-electron chi connectivity index (χ0n) is 24.7. The van der Waals surface area contributed by atoms with E-state index >= 15 is 0 Å². The van der Waals surface area contributed by atoms with E-state index in [0.29, 0.717) is 11.8 Å². The average molecular weight is 717 g/mol. The topological polar surface area (TPSA) is 102 Å². The Balaban J connectivity index is 1.94. The van der Waals surface area contributed by atoms with Crippen LogP contribution in [0.25, 0.3) is 0 Å². The van der Waals surface area contributed by atoms with Crippen LogP contribution in [0, 0.1) is 6.92 Å². The fourth-order valence-electron chi connectivity index (χ4n) is 4.19. The van der Waals surface area contributed by atoms with Crippen molar-refractivity contribution in [2.45, 2.75) is 56.8 Å². The van der Waals surface area contributed by atoms with Crippen LogP contribution in [0.4, 0.5) is 45.2 Å². The minimum absolute atomic E-state index is 0.000966. The third-order valence-electron chi connectivity index (χ3n) is 6.47. The van der Waals surface area contributed by atoms with E-state index in [9.17, 15) is 49.1 Å². The van der Waals surface area contributed by atoms with Crippen molar-refractivity contribution in [2.24, 2.45) is 0 Å². The first kappa shape index (κ1) is 37.7. The number of carbonyl (C=O) groups excluding carboxylic acids is 2. The van der Waals surface area contributed by atoms with Gasteiger partial charge in [-0.05, 0) is 32.2 Å². The fraction of sp³-hybridized carbons (Fsp3) is 0.393. The average Bonchev–Trinajstić information content (AvgIpc) is 3.39. The van der Waals surface area contributed by atoms with Gasteiger partial charge in [-0.1, -0.05) is 23.7 Å². The van der Waals surface area contributed by atoms with Crippen LogP contribution in [0.1, 0.15) is 56.8 Å². The molecule has 0 saturated carbocycles. The van der Waals surface area contributed by atoms with Gasteiger partial charge in [0.25, 0.3) is 11.8 Å². The molecule has 3 rings (SSSR count). The predicted molar refractivity (Wildman–Crippen MR) is 156 cm³/mol. The number of aromatic nitrogens is 4. The maximum absolute atomic E-state index is 14.8. The first-order chi connectivity index (χ1) is 21.7. The van der Waals surface area contributed by atoms with E-state index in [4.69, 9.17) is 11.6 Å². The van der Waals surface area contributed by atoms with Gasteiger partial charge in [-0.25, -0.2) is 9.97 Å². The summed E-state index contributed by atoms with van der Waals surface area (Å²) < 4.78 is 126. The van der Waals surface area contributed by atoms with Crippen molar-refractivity contribution in [3.8, 4) is 0 Å². The molecule has 0 saturated heterocycles. The number of hydrogen-bond donors (Lipinski definition) is 2. The Morgan fingerprint density at radius 3 is 2.32 bits per heavy atom. The number of aryl methyl sites for hydroxylation is 1. The van der Waals surface area contributed by atoms with E-state index in [2.05, 4.69) is 32.3 Å². The van der Waals surface area contributed by atoms with Gasteiger partial charge in [0.2, 0.25) is 0 Å². The number of hydrogen-bond acceptors (Lipinski definition) is 6. The second-order valence-electron chi connectivity index (χ2n) is 10.2. The monoisotopic (exact) mass is 716 g/mol. The van der Waals surface area contributed by atoms with Crippen molar-refractivity contribution >= 4 is 40.9 Å². The molecule has 0 spiro atoms. The third-order valence-corrected chi connectivity index (χ3v) is 7.62. The van der Waals surface area contributed by atoms with Gasteiger partial charge in [-0.3, -0.25) is 14.3 Å². The summed E-state index contributed by atoms with van der Waals surface area (Å²) in [5.74, 6) is -17.9. The first-order valence-electron chi connectivity index (χ1n) is 13.3. The number of benzene rings is 1. The van der Waals surface area contributed by atoms with E-state index < -0.39 is 60.0 Å². The zero-order chi connectivity index (χ0) is 35.5. The normalized spacial score (nSPS) is 13.3. The van der Waals surface area contributed by atoms with Crippen molar-refractivity contribution < 1.29 is 49.1 Å². The second kappa shape index (κ2) is 14.1. The maximum Gasteiger partial charge on any atom is 0.459 e. The van der Waals surface area contributed by atoms with Gasteiger partial charge in [-0.2, -0.15) is 56.4 Å². The highest BCUT2D eigenvalue weighted by molar-refractivity contribution is 7.98. The molecule has 2 N–H and O–H groups in total. The minimum atomic E-state index is -6.45. The molecule has 0 bridgehead atoms. The van der Waals surface area contributed by atoms with Gasteiger partial charge in [0.1, 0.15) is 12.4 Å². The summed E-state index contributed by atoms with van der Waals surface area (Å²) in [7, 11) is 0. The Hall–Kier alpha value is -3.80. The highest BCUT2D eigenvalue weighted by Gasteiger charge is 2.66. The Morgan fingerprint density at radius 1 is 1.09 bits per heavy atom. The molecule has 0 aliphatic heterocycles.